The zero-order valence-electron chi connectivity index (χ0n) is 22.2. The van der Waals surface area contributed by atoms with Gasteiger partial charge in [-0.25, -0.2) is 9.59 Å². The van der Waals surface area contributed by atoms with E-state index in [9.17, 15) is 9.59 Å². The van der Waals surface area contributed by atoms with Gasteiger partial charge in [0.05, 0.1) is 26.4 Å². The quantitative estimate of drug-likeness (QED) is 0.185. The summed E-state index contributed by atoms with van der Waals surface area (Å²) in [4.78, 5) is 22.8. The van der Waals surface area contributed by atoms with Crippen molar-refractivity contribution in [3.63, 3.8) is 0 Å². The summed E-state index contributed by atoms with van der Waals surface area (Å²) in [6.45, 7) is 18.3. The molecule has 0 amide bonds. The summed E-state index contributed by atoms with van der Waals surface area (Å²) >= 11 is 0. The van der Waals surface area contributed by atoms with Crippen molar-refractivity contribution in [1.82, 2.24) is 0 Å². The number of aryl methyl sites for hydroxylation is 4. The van der Waals surface area contributed by atoms with Crippen LogP contribution in [-0.4, -0.2) is 38.4 Å². The Bertz CT molecular complexity index is 1100. The molecule has 6 heteroatoms. The lowest BCUT2D eigenvalue weighted by Crippen LogP contribution is -2.11. The van der Waals surface area contributed by atoms with Gasteiger partial charge in [0, 0.05) is 30.9 Å². The minimum Gasteiger partial charge on any atom is -0.493 e. The van der Waals surface area contributed by atoms with Gasteiger partial charge in [-0.1, -0.05) is 48.6 Å². The van der Waals surface area contributed by atoms with Crippen LogP contribution in [-0.2, 0) is 25.5 Å². The highest BCUT2D eigenvalue weighted by molar-refractivity contribution is 5.86. The highest BCUT2D eigenvalue weighted by Crippen LogP contribution is 2.33. The van der Waals surface area contributed by atoms with Crippen LogP contribution in [0.3, 0.4) is 0 Å². The van der Waals surface area contributed by atoms with Gasteiger partial charge < -0.3 is 18.9 Å². The van der Waals surface area contributed by atoms with Crippen molar-refractivity contribution >= 4 is 11.9 Å². The van der Waals surface area contributed by atoms with Gasteiger partial charge in [-0.05, 0) is 56.9 Å². The van der Waals surface area contributed by atoms with E-state index >= 15 is 0 Å². The Morgan fingerprint density at radius 3 is 1.69 bits per heavy atom. The van der Waals surface area contributed by atoms with E-state index in [-0.39, 0.29) is 19.2 Å². The van der Waals surface area contributed by atoms with Crippen LogP contribution in [0.15, 0.2) is 49.1 Å². The van der Waals surface area contributed by atoms with Crippen molar-refractivity contribution in [2.24, 2.45) is 0 Å². The van der Waals surface area contributed by atoms with Crippen molar-refractivity contribution in [1.29, 1.82) is 0 Å². The number of rotatable bonds is 14. The average Bonchev–Trinajstić information content (AvgIpc) is 2.80. The maximum atomic E-state index is 11.6. The Balaban J connectivity index is 2.14. The second-order valence-electron chi connectivity index (χ2n) is 9.01. The molecule has 0 N–H and O–H groups in total. The van der Waals surface area contributed by atoms with Gasteiger partial charge in [0.2, 0.25) is 0 Å². The standard InChI is InChI=1S/C30H38O6/c1-8-27(31)33-11-9-12-34-28-23(6)15-21(4)17-25(28)19-26-18-22(5)16-24(7)29(26)35-13-10-14-36-30(32)20(2)3/h8,15-18H,1-2,9-14,19H2,3-7H3. The molecular formula is C30H38O6. The molecule has 0 atom stereocenters. The highest BCUT2D eigenvalue weighted by atomic mass is 16.5. The molecule has 0 saturated heterocycles. The first kappa shape index (κ1) is 28.7. The van der Waals surface area contributed by atoms with Crippen LogP contribution < -0.4 is 9.47 Å². The lowest BCUT2D eigenvalue weighted by molar-refractivity contribution is -0.139. The van der Waals surface area contributed by atoms with E-state index in [1.807, 2.05) is 13.8 Å². The number of benzene rings is 2. The second-order valence-corrected chi connectivity index (χ2v) is 9.01. The summed E-state index contributed by atoms with van der Waals surface area (Å²) in [5, 5.41) is 0. The van der Waals surface area contributed by atoms with Crippen molar-refractivity contribution in [2.45, 2.75) is 53.9 Å². The number of carbonyl (C=O) groups excluding carboxylic acids is 2. The third kappa shape index (κ3) is 8.91. The van der Waals surface area contributed by atoms with Crippen molar-refractivity contribution in [2.75, 3.05) is 26.4 Å². The fourth-order valence-electron chi connectivity index (χ4n) is 3.95. The molecule has 0 fully saturated rings. The van der Waals surface area contributed by atoms with Crippen LogP contribution in [0.25, 0.3) is 0 Å². The van der Waals surface area contributed by atoms with E-state index in [0.717, 1.165) is 51.0 Å². The number of esters is 2. The van der Waals surface area contributed by atoms with Gasteiger partial charge in [-0.3, -0.25) is 0 Å². The average molecular weight is 495 g/mol. The maximum absolute atomic E-state index is 11.6. The predicted molar refractivity (Wildman–Crippen MR) is 142 cm³/mol. The molecule has 0 aliphatic carbocycles. The minimum absolute atomic E-state index is 0.280. The topological polar surface area (TPSA) is 71.1 Å². The third-order valence-electron chi connectivity index (χ3n) is 5.44. The molecular weight excluding hydrogens is 456 g/mol. The fraction of sp³-hybridized carbons (Fsp3) is 0.400. The van der Waals surface area contributed by atoms with Gasteiger partial charge in [-0.15, -0.1) is 0 Å². The summed E-state index contributed by atoms with van der Waals surface area (Å²) in [5.41, 5.74) is 6.94. The van der Waals surface area contributed by atoms with Gasteiger partial charge in [0.1, 0.15) is 11.5 Å². The van der Waals surface area contributed by atoms with Gasteiger partial charge >= 0.3 is 11.9 Å². The molecule has 6 nitrogen and oxygen atoms in total. The van der Waals surface area contributed by atoms with Gasteiger partial charge in [0.25, 0.3) is 0 Å². The molecule has 0 spiro atoms. The van der Waals surface area contributed by atoms with Crippen LogP contribution >= 0.6 is 0 Å². The van der Waals surface area contributed by atoms with Crippen LogP contribution in [0.1, 0.15) is 53.1 Å². The van der Waals surface area contributed by atoms with Crippen LogP contribution in [0.5, 0.6) is 11.5 Å². The minimum atomic E-state index is -0.432. The first-order valence-corrected chi connectivity index (χ1v) is 12.2. The van der Waals surface area contributed by atoms with Crippen molar-refractivity contribution in [3.8, 4) is 11.5 Å². The molecule has 0 unspecified atom stereocenters. The summed E-state index contributed by atoms with van der Waals surface area (Å²) in [6.07, 6.45) is 2.97. The number of hydrogen-bond acceptors (Lipinski definition) is 6. The van der Waals surface area contributed by atoms with Crippen molar-refractivity contribution < 1.29 is 28.5 Å². The molecule has 0 radical (unpaired) electrons. The monoisotopic (exact) mass is 494 g/mol. The summed E-state index contributed by atoms with van der Waals surface area (Å²) in [7, 11) is 0. The molecule has 0 saturated carbocycles. The Morgan fingerprint density at radius 2 is 1.25 bits per heavy atom. The molecule has 0 heterocycles. The lowest BCUT2D eigenvalue weighted by atomic mass is 9.96. The zero-order chi connectivity index (χ0) is 26.7. The summed E-state index contributed by atoms with van der Waals surface area (Å²) < 4.78 is 22.5. The Hall–Kier alpha value is -3.54. The molecule has 2 rings (SSSR count). The molecule has 0 aliphatic rings. The second kappa shape index (κ2) is 14.1. The highest BCUT2D eigenvalue weighted by Gasteiger charge is 2.15. The summed E-state index contributed by atoms with van der Waals surface area (Å²) in [5.74, 6) is 0.864. The Labute approximate surface area is 214 Å². The lowest BCUT2D eigenvalue weighted by Gasteiger charge is -2.19. The zero-order valence-corrected chi connectivity index (χ0v) is 22.2. The molecule has 0 bridgehead atoms. The van der Waals surface area contributed by atoms with E-state index < -0.39 is 5.97 Å². The van der Waals surface area contributed by atoms with E-state index in [2.05, 4.69) is 51.3 Å². The molecule has 0 aliphatic heterocycles. The Kier molecular flexibility index (Phi) is 11.3. The fourth-order valence-corrected chi connectivity index (χ4v) is 3.95. The van der Waals surface area contributed by atoms with Crippen molar-refractivity contribution in [3.05, 3.63) is 82.5 Å². The smallest absolute Gasteiger partial charge is 0.333 e. The van der Waals surface area contributed by atoms with Crippen LogP contribution in [0.4, 0.5) is 0 Å². The van der Waals surface area contributed by atoms with E-state index in [1.165, 1.54) is 0 Å². The molecule has 36 heavy (non-hydrogen) atoms. The number of carbonyl (C=O) groups is 2. The van der Waals surface area contributed by atoms with Gasteiger partial charge in [-0.2, -0.15) is 0 Å². The molecule has 0 aromatic heterocycles. The van der Waals surface area contributed by atoms with E-state index in [0.29, 0.717) is 38.0 Å². The van der Waals surface area contributed by atoms with E-state index in [1.54, 1.807) is 6.92 Å². The first-order chi connectivity index (χ1) is 17.1. The molecule has 194 valence electrons. The van der Waals surface area contributed by atoms with Crippen LogP contribution in [0, 0.1) is 27.7 Å². The largest absolute Gasteiger partial charge is 0.493 e. The number of hydrogen-bond donors (Lipinski definition) is 0. The Morgan fingerprint density at radius 1 is 0.778 bits per heavy atom. The van der Waals surface area contributed by atoms with E-state index in [4.69, 9.17) is 18.9 Å². The SMILES string of the molecule is C=CC(=O)OCCCOc1c(C)cc(C)cc1Cc1cc(C)cc(C)c1OCCCOC(=O)C(=C)C. The third-order valence-corrected chi connectivity index (χ3v) is 5.44. The first-order valence-electron chi connectivity index (χ1n) is 12.2. The maximum Gasteiger partial charge on any atom is 0.333 e. The molecule has 2 aromatic rings. The normalized spacial score (nSPS) is 10.5. The molecule has 2 aromatic carbocycles. The van der Waals surface area contributed by atoms with Gasteiger partial charge in [0.15, 0.2) is 0 Å². The predicted octanol–water partition coefficient (Wildman–Crippen LogP) is 5.90. The summed E-state index contributed by atoms with van der Waals surface area (Å²) in [6, 6.07) is 8.48. The van der Waals surface area contributed by atoms with Crippen LogP contribution in [0.2, 0.25) is 0 Å². The number of ether oxygens (including phenoxy) is 4.